The van der Waals surface area contributed by atoms with Gasteiger partial charge in [0.25, 0.3) is 0 Å². The third kappa shape index (κ3) is 5.92. The van der Waals surface area contributed by atoms with E-state index in [0.29, 0.717) is 0 Å². The summed E-state index contributed by atoms with van der Waals surface area (Å²) >= 11 is 0. The third-order valence-corrected chi connectivity index (χ3v) is 0.682. The van der Waals surface area contributed by atoms with Gasteiger partial charge in [0, 0.05) is 13.1 Å². The zero-order chi connectivity index (χ0) is 5.54. The number of hydrogen-bond donors (Lipinski definition) is 2. The summed E-state index contributed by atoms with van der Waals surface area (Å²) in [6, 6.07) is 0. The molecule has 0 rings (SSSR count). The molecule has 0 saturated heterocycles. The predicted molar refractivity (Wildman–Crippen MR) is 31.1 cm³/mol. The van der Waals surface area contributed by atoms with E-state index in [2.05, 4.69) is 5.32 Å². The number of hydrogen-bond acceptors (Lipinski definition) is 2. The molecule has 0 saturated carbocycles. The fourth-order valence-corrected chi connectivity index (χ4v) is 0.324. The molecule has 2 heteroatoms. The Bertz CT molecular complexity index is 25.3. The molecule has 0 aliphatic carbocycles. The molecule has 0 spiro atoms. The van der Waals surface area contributed by atoms with Gasteiger partial charge in [-0.15, -0.1) is 0 Å². The van der Waals surface area contributed by atoms with Crippen LogP contribution >= 0.6 is 0 Å². The van der Waals surface area contributed by atoms with Crippen LogP contribution < -0.4 is 11.1 Å². The van der Waals surface area contributed by atoms with Crippen molar-refractivity contribution < 1.29 is 0 Å². The van der Waals surface area contributed by atoms with Crippen LogP contribution in [-0.4, -0.2) is 7.05 Å². The molecule has 2 nitrogen and oxygen atoms in total. The normalized spacial score (nSPS) is 9.43. The Kier molecular flexibility index (Phi) is 5.85. The van der Waals surface area contributed by atoms with Crippen LogP contribution in [-0.2, 0) is 0 Å². The topological polar surface area (TPSA) is 38.0 Å². The second-order valence-electron chi connectivity index (χ2n) is 1.31. The van der Waals surface area contributed by atoms with Crippen molar-refractivity contribution in [1.82, 2.24) is 5.32 Å². The van der Waals surface area contributed by atoms with Gasteiger partial charge in [0.05, 0.1) is 0 Å². The largest absolute Gasteiger partial charge is 0.326 e. The minimum atomic E-state index is 0.959. The number of unbranched alkanes of at least 4 members (excludes halogenated alkanes) is 1. The molecule has 0 unspecified atom stereocenters. The molecular weight excluding hydrogens is 88.1 g/mol. The van der Waals surface area contributed by atoms with Gasteiger partial charge in [0.2, 0.25) is 0 Å². The number of rotatable bonds is 4. The van der Waals surface area contributed by atoms with Crippen LogP contribution in [0.15, 0.2) is 0 Å². The SMILES string of the molecule is CN[CH]CC[CH]N. The standard InChI is InChI=1S/C5H12N2/c1-7-5-3-2-4-6/h4-5,7H,2-3,6H2,1H3. The van der Waals surface area contributed by atoms with Crippen molar-refractivity contribution in [1.29, 1.82) is 0 Å². The fourth-order valence-electron chi connectivity index (χ4n) is 0.324. The fraction of sp³-hybridized carbons (Fsp3) is 0.600. The van der Waals surface area contributed by atoms with Gasteiger partial charge in [0.1, 0.15) is 0 Å². The van der Waals surface area contributed by atoms with E-state index in [1.165, 1.54) is 0 Å². The molecule has 0 aromatic carbocycles. The van der Waals surface area contributed by atoms with E-state index in [1.54, 1.807) is 6.54 Å². The molecule has 0 bridgehead atoms. The molecule has 0 aromatic heterocycles. The van der Waals surface area contributed by atoms with Crippen LogP contribution in [0.4, 0.5) is 0 Å². The van der Waals surface area contributed by atoms with E-state index in [1.807, 2.05) is 13.6 Å². The van der Waals surface area contributed by atoms with E-state index in [4.69, 9.17) is 5.73 Å². The van der Waals surface area contributed by atoms with E-state index < -0.39 is 0 Å². The first-order valence-electron chi connectivity index (χ1n) is 2.44. The van der Waals surface area contributed by atoms with Crippen molar-refractivity contribution in [3.05, 3.63) is 13.1 Å². The van der Waals surface area contributed by atoms with Gasteiger partial charge < -0.3 is 11.1 Å². The lowest BCUT2D eigenvalue weighted by atomic mass is 10.3. The minimum Gasteiger partial charge on any atom is -0.326 e. The smallest absolute Gasteiger partial charge is 0.0218 e. The first kappa shape index (κ1) is 6.92. The van der Waals surface area contributed by atoms with Crippen LogP contribution in [0, 0.1) is 13.1 Å². The lowest BCUT2D eigenvalue weighted by Gasteiger charge is -1.92. The van der Waals surface area contributed by atoms with Gasteiger partial charge in [0.15, 0.2) is 0 Å². The van der Waals surface area contributed by atoms with E-state index in [-0.39, 0.29) is 0 Å². The molecule has 7 heavy (non-hydrogen) atoms. The zero-order valence-electron chi connectivity index (χ0n) is 4.65. The monoisotopic (exact) mass is 100 g/mol. The summed E-state index contributed by atoms with van der Waals surface area (Å²) in [5, 5.41) is 2.90. The Morgan fingerprint density at radius 2 is 2.29 bits per heavy atom. The third-order valence-electron chi connectivity index (χ3n) is 0.682. The summed E-state index contributed by atoms with van der Waals surface area (Å²) in [4.78, 5) is 0. The number of nitrogens with one attached hydrogen (secondary N) is 1. The molecule has 42 valence electrons. The molecule has 3 N–H and O–H groups in total. The van der Waals surface area contributed by atoms with Gasteiger partial charge in [-0.05, 0) is 19.9 Å². The van der Waals surface area contributed by atoms with Crippen molar-refractivity contribution in [3.8, 4) is 0 Å². The summed E-state index contributed by atoms with van der Waals surface area (Å²) < 4.78 is 0. The molecule has 0 aliphatic rings. The highest BCUT2D eigenvalue weighted by molar-refractivity contribution is 4.62. The van der Waals surface area contributed by atoms with Crippen LogP contribution in [0.2, 0.25) is 0 Å². The summed E-state index contributed by atoms with van der Waals surface area (Å²) in [5.41, 5.74) is 5.10. The van der Waals surface area contributed by atoms with Crippen molar-refractivity contribution in [2.24, 2.45) is 5.73 Å². The molecule has 0 heterocycles. The highest BCUT2D eigenvalue weighted by atomic mass is 14.8. The maximum absolute atomic E-state index is 5.10. The minimum absolute atomic E-state index is 0.959. The van der Waals surface area contributed by atoms with Crippen molar-refractivity contribution in [3.63, 3.8) is 0 Å². The van der Waals surface area contributed by atoms with Gasteiger partial charge in [-0.25, -0.2) is 0 Å². The first-order chi connectivity index (χ1) is 3.41. The molecular formula is C5H12N2. The molecule has 0 atom stereocenters. The Labute approximate surface area is 45.1 Å². The summed E-state index contributed by atoms with van der Waals surface area (Å²) in [5.74, 6) is 0. The maximum Gasteiger partial charge on any atom is 0.0218 e. The predicted octanol–water partition coefficient (Wildman–Crippen LogP) is 0.268. The second kappa shape index (κ2) is 5.92. The van der Waals surface area contributed by atoms with Crippen LogP contribution in [0.5, 0.6) is 0 Å². The van der Waals surface area contributed by atoms with E-state index >= 15 is 0 Å². The molecule has 0 fully saturated rings. The average Bonchev–Trinajstić information content (AvgIpc) is 1.69. The van der Waals surface area contributed by atoms with E-state index in [0.717, 1.165) is 12.8 Å². The molecule has 0 aromatic rings. The zero-order valence-corrected chi connectivity index (χ0v) is 4.65. The Balaban J connectivity index is 2.45. The summed E-state index contributed by atoms with van der Waals surface area (Å²) in [7, 11) is 1.89. The van der Waals surface area contributed by atoms with Crippen molar-refractivity contribution >= 4 is 0 Å². The lowest BCUT2D eigenvalue weighted by molar-refractivity contribution is 0.811. The van der Waals surface area contributed by atoms with Crippen LogP contribution in [0.25, 0.3) is 0 Å². The number of nitrogens with two attached hydrogens (primary N) is 1. The highest BCUT2D eigenvalue weighted by Gasteiger charge is 1.80. The highest BCUT2D eigenvalue weighted by Crippen LogP contribution is 1.87. The van der Waals surface area contributed by atoms with Crippen LogP contribution in [0.3, 0.4) is 0 Å². The Morgan fingerprint density at radius 3 is 2.71 bits per heavy atom. The van der Waals surface area contributed by atoms with E-state index in [9.17, 15) is 0 Å². The average molecular weight is 100 g/mol. The lowest BCUT2D eigenvalue weighted by Crippen LogP contribution is -2.01. The van der Waals surface area contributed by atoms with Crippen molar-refractivity contribution in [2.75, 3.05) is 7.05 Å². The Morgan fingerprint density at radius 1 is 1.57 bits per heavy atom. The molecule has 2 radical (unpaired) electrons. The van der Waals surface area contributed by atoms with Crippen LogP contribution in [0.1, 0.15) is 12.8 Å². The quantitative estimate of drug-likeness (QED) is 0.497. The second-order valence-corrected chi connectivity index (χ2v) is 1.31. The summed E-state index contributed by atoms with van der Waals surface area (Å²) in [6.45, 7) is 3.64. The van der Waals surface area contributed by atoms with Gasteiger partial charge >= 0.3 is 0 Å². The van der Waals surface area contributed by atoms with Gasteiger partial charge in [-0.3, -0.25) is 0 Å². The molecule has 0 amide bonds. The first-order valence-corrected chi connectivity index (χ1v) is 2.44. The van der Waals surface area contributed by atoms with Crippen molar-refractivity contribution in [2.45, 2.75) is 12.8 Å². The van der Waals surface area contributed by atoms with Gasteiger partial charge in [-0.2, -0.15) is 0 Å². The van der Waals surface area contributed by atoms with Gasteiger partial charge in [-0.1, -0.05) is 0 Å². The Hall–Kier alpha value is -0.0800. The maximum atomic E-state index is 5.10. The molecule has 0 aliphatic heterocycles. The summed E-state index contributed by atoms with van der Waals surface area (Å²) in [6.07, 6.45) is 1.98.